The Balaban J connectivity index is 1.48. The predicted octanol–water partition coefficient (Wildman–Crippen LogP) is 4.03. The molecular weight excluding hydrogens is 544 g/mol. The fraction of sp³-hybridized carbons (Fsp3) is 0.200. The Hall–Kier alpha value is -4.83. The van der Waals surface area contributed by atoms with E-state index in [1.165, 1.54) is 29.2 Å². The number of carboxylic acids is 1. The normalized spacial score (nSPS) is 14.6. The zero-order chi connectivity index (χ0) is 29.1. The molecule has 0 bridgehead atoms. The number of carboxylic acid groups (broad SMARTS) is 1. The smallest absolute Gasteiger partial charge is 0.335 e. The number of aromatic nitrogens is 4. The quantitative estimate of drug-likeness (QED) is 0.315. The van der Waals surface area contributed by atoms with Crippen LogP contribution in [0.1, 0.15) is 38.7 Å². The third kappa shape index (κ3) is 5.87. The van der Waals surface area contributed by atoms with Crippen molar-refractivity contribution in [2.45, 2.75) is 18.9 Å². The minimum absolute atomic E-state index is 0.0431. The van der Waals surface area contributed by atoms with Gasteiger partial charge in [-0.1, -0.05) is 35.9 Å². The van der Waals surface area contributed by atoms with Crippen LogP contribution in [0.4, 0.5) is 5.69 Å². The molecule has 10 nitrogen and oxygen atoms in total. The summed E-state index contributed by atoms with van der Waals surface area (Å²) in [7, 11) is 3.90. The highest BCUT2D eigenvalue weighted by Gasteiger charge is 2.36. The van der Waals surface area contributed by atoms with Crippen molar-refractivity contribution in [2.24, 2.45) is 0 Å². The standard InChI is InChI=1S/C30H27ClN6O4/c1-35(2)26-5-3-4-24-23(26)14-15-36(29(24)27(38)16-19-6-8-20(9-7-19)30(40)41)28(39)13-10-21-17-22(31)11-12-25(21)37-18-32-33-34-37/h3-13,17-18,29H,14-16H2,1-2H3,(H,40,41)/b13-10+. The van der Waals surface area contributed by atoms with Crippen LogP contribution >= 0.6 is 11.6 Å². The van der Waals surface area contributed by atoms with Gasteiger partial charge in [-0.05, 0) is 76.0 Å². The minimum Gasteiger partial charge on any atom is -0.478 e. The summed E-state index contributed by atoms with van der Waals surface area (Å²) in [5.74, 6) is -1.52. The fourth-order valence-corrected chi connectivity index (χ4v) is 5.29. The number of tetrazole rings is 1. The molecule has 41 heavy (non-hydrogen) atoms. The monoisotopic (exact) mass is 570 g/mol. The number of hydrogen-bond acceptors (Lipinski definition) is 7. The molecule has 1 aromatic heterocycles. The van der Waals surface area contributed by atoms with Gasteiger partial charge >= 0.3 is 5.97 Å². The summed E-state index contributed by atoms with van der Waals surface area (Å²) in [6.07, 6.45) is 5.16. The summed E-state index contributed by atoms with van der Waals surface area (Å²) in [6.45, 7) is 0.352. The van der Waals surface area contributed by atoms with Gasteiger partial charge in [0.25, 0.3) is 0 Å². The molecule has 2 heterocycles. The van der Waals surface area contributed by atoms with Gasteiger partial charge in [0.1, 0.15) is 12.4 Å². The first-order chi connectivity index (χ1) is 19.7. The molecule has 208 valence electrons. The lowest BCUT2D eigenvalue weighted by Crippen LogP contribution is -2.43. The average Bonchev–Trinajstić information content (AvgIpc) is 3.50. The highest BCUT2D eigenvalue weighted by atomic mass is 35.5. The summed E-state index contributed by atoms with van der Waals surface area (Å²) in [5, 5.41) is 21.0. The fourth-order valence-electron chi connectivity index (χ4n) is 5.11. The predicted molar refractivity (Wildman–Crippen MR) is 154 cm³/mol. The molecule has 1 aliphatic heterocycles. The van der Waals surface area contributed by atoms with Gasteiger partial charge < -0.3 is 14.9 Å². The third-order valence-corrected chi connectivity index (χ3v) is 7.27. The van der Waals surface area contributed by atoms with E-state index in [1.807, 2.05) is 37.2 Å². The summed E-state index contributed by atoms with van der Waals surface area (Å²) in [6, 6.07) is 16.4. The number of amides is 1. The SMILES string of the molecule is CN(C)c1cccc2c1CCN(C(=O)/C=C/c1cc(Cl)ccc1-n1cnnn1)C2C(=O)Cc1ccc(C(=O)O)cc1. The molecule has 3 aromatic carbocycles. The second-order valence-electron chi connectivity index (χ2n) is 9.86. The minimum atomic E-state index is -1.04. The van der Waals surface area contributed by atoms with Crippen LogP contribution in [0.15, 0.2) is 73.1 Å². The van der Waals surface area contributed by atoms with E-state index in [-0.39, 0.29) is 23.7 Å². The van der Waals surface area contributed by atoms with Crippen LogP contribution in [0.25, 0.3) is 11.8 Å². The number of fused-ring (bicyclic) bond motifs is 1. The summed E-state index contributed by atoms with van der Waals surface area (Å²) in [4.78, 5) is 42.4. The van der Waals surface area contributed by atoms with Gasteiger partial charge in [0.2, 0.25) is 5.91 Å². The Morgan fingerprint density at radius 1 is 1.10 bits per heavy atom. The van der Waals surface area contributed by atoms with E-state index in [9.17, 15) is 19.5 Å². The zero-order valence-electron chi connectivity index (χ0n) is 22.4. The second kappa shape index (κ2) is 11.7. The molecule has 0 spiro atoms. The lowest BCUT2D eigenvalue weighted by molar-refractivity contribution is -0.136. The van der Waals surface area contributed by atoms with E-state index in [4.69, 9.17) is 11.6 Å². The lowest BCUT2D eigenvalue weighted by atomic mass is 9.86. The third-order valence-electron chi connectivity index (χ3n) is 7.04. The lowest BCUT2D eigenvalue weighted by Gasteiger charge is -2.37. The van der Waals surface area contributed by atoms with Gasteiger partial charge in [-0.2, -0.15) is 4.68 Å². The number of carbonyl (C=O) groups excluding carboxylic acids is 2. The zero-order valence-corrected chi connectivity index (χ0v) is 23.2. The van der Waals surface area contributed by atoms with E-state index >= 15 is 0 Å². The van der Waals surface area contributed by atoms with Crippen molar-refractivity contribution in [3.8, 4) is 5.69 Å². The number of halogens is 1. The van der Waals surface area contributed by atoms with Gasteiger partial charge in [0.15, 0.2) is 5.78 Å². The molecule has 0 radical (unpaired) electrons. The number of anilines is 1. The molecule has 1 atom stereocenters. The van der Waals surface area contributed by atoms with Crippen molar-refractivity contribution in [2.75, 3.05) is 25.5 Å². The van der Waals surface area contributed by atoms with Crippen LogP contribution in [-0.4, -0.2) is 68.5 Å². The van der Waals surface area contributed by atoms with Crippen molar-refractivity contribution >= 4 is 41.0 Å². The number of benzene rings is 3. The summed E-state index contributed by atoms with van der Waals surface area (Å²) >= 11 is 6.24. The van der Waals surface area contributed by atoms with Gasteiger partial charge in [-0.25, -0.2) is 4.79 Å². The molecular formula is C30H27ClN6O4. The van der Waals surface area contributed by atoms with Crippen molar-refractivity contribution in [1.82, 2.24) is 25.1 Å². The molecule has 0 aliphatic carbocycles. The number of aromatic carboxylic acids is 1. The number of Topliss-reactive ketones (excluding diaryl/α,β-unsaturated/α-hetero) is 1. The molecule has 1 N–H and O–H groups in total. The Labute approximate surface area is 241 Å². The molecule has 11 heteroatoms. The Bertz CT molecular complexity index is 1630. The molecule has 0 saturated heterocycles. The van der Waals surface area contributed by atoms with Crippen molar-refractivity contribution in [3.63, 3.8) is 0 Å². The topological polar surface area (TPSA) is 122 Å². The van der Waals surface area contributed by atoms with Crippen LogP contribution < -0.4 is 4.90 Å². The van der Waals surface area contributed by atoms with E-state index in [2.05, 4.69) is 15.5 Å². The van der Waals surface area contributed by atoms with E-state index < -0.39 is 12.0 Å². The number of ketones is 1. The van der Waals surface area contributed by atoms with E-state index in [1.54, 1.807) is 41.3 Å². The molecule has 1 unspecified atom stereocenters. The van der Waals surface area contributed by atoms with Gasteiger partial charge in [0, 0.05) is 49.4 Å². The largest absolute Gasteiger partial charge is 0.478 e. The second-order valence-corrected chi connectivity index (χ2v) is 10.3. The molecule has 1 aliphatic rings. The van der Waals surface area contributed by atoms with Crippen LogP contribution in [0, 0.1) is 0 Å². The van der Waals surface area contributed by atoms with Crippen LogP contribution in [-0.2, 0) is 22.4 Å². The van der Waals surface area contributed by atoms with E-state index in [0.29, 0.717) is 34.8 Å². The van der Waals surface area contributed by atoms with Crippen molar-refractivity contribution in [3.05, 3.63) is 106 Å². The Morgan fingerprint density at radius 3 is 2.56 bits per heavy atom. The van der Waals surface area contributed by atoms with Gasteiger partial charge in [0.05, 0.1) is 11.3 Å². The van der Waals surface area contributed by atoms with Crippen molar-refractivity contribution in [1.29, 1.82) is 0 Å². The highest BCUT2D eigenvalue weighted by molar-refractivity contribution is 6.30. The number of nitrogens with zero attached hydrogens (tertiary/aromatic N) is 6. The maximum absolute atomic E-state index is 13.9. The highest BCUT2D eigenvalue weighted by Crippen LogP contribution is 2.36. The van der Waals surface area contributed by atoms with Crippen LogP contribution in [0.2, 0.25) is 5.02 Å². The first-order valence-electron chi connectivity index (χ1n) is 12.9. The molecule has 5 rings (SSSR count). The number of hydrogen-bond donors (Lipinski definition) is 1. The van der Waals surface area contributed by atoms with Gasteiger partial charge in [-0.15, -0.1) is 5.10 Å². The molecule has 0 fully saturated rings. The molecule has 4 aromatic rings. The number of carbonyl (C=O) groups is 3. The first kappa shape index (κ1) is 27.7. The Morgan fingerprint density at radius 2 is 1.88 bits per heavy atom. The number of rotatable bonds is 8. The first-order valence-corrected chi connectivity index (χ1v) is 13.3. The average molecular weight is 571 g/mol. The summed E-state index contributed by atoms with van der Waals surface area (Å²) < 4.78 is 1.47. The maximum atomic E-state index is 13.9. The van der Waals surface area contributed by atoms with Crippen molar-refractivity contribution < 1.29 is 19.5 Å². The van der Waals surface area contributed by atoms with E-state index in [0.717, 1.165) is 16.8 Å². The molecule has 1 amide bonds. The summed E-state index contributed by atoms with van der Waals surface area (Å²) in [5.41, 5.74) is 4.90. The Kier molecular flexibility index (Phi) is 7.93. The van der Waals surface area contributed by atoms with Crippen LogP contribution in [0.5, 0.6) is 0 Å². The maximum Gasteiger partial charge on any atom is 0.335 e. The van der Waals surface area contributed by atoms with Gasteiger partial charge in [-0.3, -0.25) is 9.59 Å². The molecule has 0 saturated carbocycles. The van der Waals surface area contributed by atoms with Crippen LogP contribution in [0.3, 0.4) is 0 Å².